The fourth-order valence-electron chi connectivity index (χ4n) is 3.23. The van der Waals surface area contributed by atoms with E-state index < -0.39 is 5.69 Å². The van der Waals surface area contributed by atoms with E-state index in [1.54, 1.807) is 31.3 Å². The molecule has 4 rings (SSSR count). The molecule has 0 aliphatic heterocycles. The number of rotatable bonds is 4. The molecule has 0 radical (unpaired) electrons. The number of hydrogen-bond donors (Lipinski definition) is 2. The van der Waals surface area contributed by atoms with Crippen LogP contribution in [0.25, 0.3) is 11.2 Å². The first-order chi connectivity index (χ1) is 12.5. The fourth-order valence-corrected chi connectivity index (χ4v) is 3.23. The maximum Gasteiger partial charge on any atom is 0.332 e. The van der Waals surface area contributed by atoms with E-state index in [0.29, 0.717) is 29.7 Å². The third kappa shape index (κ3) is 2.58. The van der Waals surface area contributed by atoms with Gasteiger partial charge in [0.1, 0.15) is 5.75 Å². The fraction of sp³-hybridized carbons (Fsp3) is 0.389. The van der Waals surface area contributed by atoms with E-state index in [0.717, 1.165) is 23.0 Å². The topological polar surface area (TPSA) is 94.1 Å². The predicted octanol–water partition coefficient (Wildman–Crippen LogP) is 1.15. The number of phenolic OH excluding ortho intramolecular Hbond substituents is 1. The van der Waals surface area contributed by atoms with E-state index in [1.807, 2.05) is 4.57 Å². The van der Waals surface area contributed by atoms with Gasteiger partial charge in [-0.25, -0.2) is 4.79 Å². The Bertz CT molecular complexity index is 1090. The number of benzene rings is 1. The van der Waals surface area contributed by atoms with Crippen molar-refractivity contribution in [2.45, 2.75) is 31.8 Å². The number of imidazole rings is 1. The highest BCUT2D eigenvalue weighted by molar-refractivity contribution is 5.74. The molecule has 1 aliphatic carbocycles. The quantitative estimate of drug-likeness (QED) is 0.732. The molecule has 1 saturated carbocycles. The second-order valence-corrected chi connectivity index (χ2v) is 6.84. The van der Waals surface area contributed by atoms with Gasteiger partial charge in [-0.15, -0.1) is 0 Å². The van der Waals surface area contributed by atoms with Gasteiger partial charge in [0.25, 0.3) is 5.56 Å². The maximum absolute atomic E-state index is 12.8. The first-order valence-corrected chi connectivity index (χ1v) is 8.66. The molecule has 2 aromatic heterocycles. The van der Waals surface area contributed by atoms with Gasteiger partial charge in [0.15, 0.2) is 11.2 Å². The molecule has 0 saturated heterocycles. The minimum atomic E-state index is -0.396. The van der Waals surface area contributed by atoms with Gasteiger partial charge in [0.05, 0.1) is 6.54 Å². The Balaban J connectivity index is 1.91. The zero-order chi connectivity index (χ0) is 18.4. The molecule has 26 heavy (non-hydrogen) atoms. The van der Waals surface area contributed by atoms with Gasteiger partial charge in [-0.1, -0.05) is 12.1 Å². The van der Waals surface area contributed by atoms with Crippen LogP contribution >= 0.6 is 0 Å². The van der Waals surface area contributed by atoms with Crippen LogP contribution < -0.4 is 16.6 Å². The molecule has 2 N–H and O–H groups in total. The molecule has 136 valence electrons. The molecule has 0 atom stereocenters. The highest BCUT2D eigenvalue weighted by atomic mass is 16.3. The summed E-state index contributed by atoms with van der Waals surface area (Å²) in [7, 11) is 3.09. The van der Waals surface area contributed by atoms with E-state index in [4.69, 9.17) is 0 Å². The normalized spacial score (nSPS) is 14.5. The SMILES string of the molecule is Cn1c(=O)c2c(nc(NC3CCC3)n2Cc2ccc(O)cc2)n(C)c1=O. The van der Waals surface area contributed by atoms with Gasteiger partial charge < -0.3 is 10.4 Å². The largest absolute Gasteiger partial charge is 0.508 e. The van der Waals surface area contributed by atoms with Crippen molar-refractivity contribution in [3.8, 4) is 5.75 Å². The molecule has 2 heterocycles. The second-order valence-electron chi connectivity index (χ2n) is 6.84. The molecular weight excluding hydrogens is 334 g/mol. The third-order valence-corrected chi connectivity index (χ3v) is 5.06. The summed E-state index contributed by atoms with van der Waals surface area (Å²) >= 11 is 0. The summed E-state index contributed by atoms with van der Waals surface area (Å²) in [6.45, 7) is 0.416. The predicted molar refractivity (Wildman–Crippen MR) is 98.7 cm³/mol. The van der Waals surface area contributed by atoms with E-state index in [-0.39, 0.29) is 11.3 Å². The van der Waals surface area contributed by atoms with Crippen LogP contribution in [0.15, 0.2) is 33.9 Å². The number of aromatic hydroxyl groups is 1. The number of nitrogens with one attached hydrogen (secondary N) is 1. The van der Waals surface area contributed by atoms with Gasteiger partial charge >= 0.3 is 5.69 Å². The Labute approximate surface area is 149 Å². The zero-order valence-corrected chi connectivity index (χ0v) is 14.8. The summed E-state index contributed by atoms with van der Waals surface area (Å²) in [5, 5.41) is 12.9. The van der Waals surface area contributed by atoms with Crippen molar-refractivity contribution < 1.29 is 5.11 Å². The van der Waals surface area contributed by atoms with E-state index in [9.17, 15) is 14.7 Å². The molecule has 3 aromatic rings. The van der Waals surface area contributed by atoms with Gasteiger partial charge in [0.2, 0.25) is 5.95 Å². The number of aryl methyl sites for hydroxylation is 1. The highest BCUT2D eigenvalue weighted by Crippen LogP contribution is 2.25. The average molecular weight is 355 g/mol. The molecule has 1 aromatic carbocycles. The van der Waals surface area contributed by atoms with E-state index >= 15 is 0 Å². The number of fused-ring (bicyclic) bond motifs is 1. The standard InChI is InChI=1S/C18H21N5O3/c1-21-15-14(16(25)22(2)18(21)26)23(10-11-6-8-13(24)9-7-11)17(20-15)19-12-4-3-5-12/h6-9,12,24H,3-5,10H2,1-2H3,(H,19,20). The van der Waals surface area contributed by atoms with Crippen molar-refractivity contribution >= 4 is 17.1 Å². The van der Waals surface area contributed by atoms with Crippen LogP contribution in [0.4, 0.5) is 5.95 Å². The maximum atomic E-state index is 12.8. The molecule has 8 nitrogen and oxygen atoms in total. The lowest BCUT2D eigenvalue weighted by Gasteiger charge is -2.27. The number of hydrogen-bond acceptors (Lipinski definition) is 5. The van der Waals surface area contributed by atoms with Crippen LogP contribution in [0, 0.1) is 0 Å². The van der Waals surface area contributed by atoms with Gasteiger partial charge in [0, 0.05) is 20.1 Å². The van der Waals surface area contributed by atoms with Crippen LogP contribution in [0.5, 0.6) is 5.75 Å². The molecule has 0 unspecified atom stereocenters. The summed E-state index contributed by atoms with van der Waals surface area (Å²) < 4.78 is 4.32. The number of phenols is 1. The summed E-state index contributed by atoms with van der Waals surface area (Å²) in [4.78, 5) is 29.6. The Morgan fingerprint density at radius 2 is 1.85 bits per heavy atom. The lowest BCUT2D eigenvalue weighted by molar-refractivity contribution is 0.441. The molecule has 8 heteroatoms. The Morgan fingerprint density at radius 3 is 2.46 bits per heavy atom. The summed E-state index contributed by atoms with van der Waals surface area (Å²) in [6, 6.07) is 7.18. The summed E-state index contributed by atoms with van der Waals surface area (Å²) in [5.41, 5.74) is 0.931. The summed E-state index contributed by atoms with van der Waals surface area (Å²) in [6.07, 6.45) is 3.31. The van der Waals surface area contributed by atoms with Crippen molar-refractivity contribution in [3.63, 3.8) is 0 Å². The number of anilines is 1. The lowest BCUT2D eigenvalue weighted by Crippen LogP contribution is -2.37. The van der Waals surface area contributed by atoms with Crippen molar-refractivity contribution in [2.24, 2.45) is 14.1 Å². The number of aromatic nitrogens is 4. The molecule has 0 bridgehead atoms. The minimum Gasteiger partial charge on any atom is -0.508 e. The molecular formula is C18H21N5O3. The first kappa shape index (κ1) is 16.4. The van der Waals surface area contributed by atoms with Crippen LogP contribution in [0.3, 0.4) is 0 Å². The van der Waals surface area contributed by atoms with Crippen molar-refractivity contribution in [3.05, 3.63) is 50.7 Å². The monoisotopic (exact) mass is 355 g/mol. The van der Waals surface area contributed by atoms with E-state index in [1.165, 1.54) is 18.0 Å². The van der Waals surface area contributed by atoms with Crippen molar-refractivity contribution in [2.75, 3.05) is 5.32 Å². The van der Waals surface area contributed by atoms with Crippen LogP contribution in [-0.2, 0) is 20.6 Å². The van der Waals surface area contributed by atoms with Crippen LogP contribution in [-0.4, -0.2) is 29.8 Å². The van der Waals surface area contributed by atoms with Crippen LogP contribution in [0.1, 0.15) is 24.8 Å². The Kier molecular flexibility index (Phi) is 3.82. The average Bonchev–Trinajstić information content (AvgIpc) is 2.95. The van der Waals surface area contributed by atoms with E-state index in [2.05, 4.69) is 10.3 Å². The Morgan fingerprint density at radius 1 is 1.15 bits per heavy atom. The molecule has 0 spiro atoms. The smallest absolute Gasteiger partial charge is 0.332 e. The number of nitrogens with zero attached hydrogens (tertiary/aromatic N) is 4. The second kappa shape index (κ2) is 6.05. The third-order valence-electron chi connectivity index (χ3n) is 5.06. The molecule has 1 fully saturated rings. The van der Waals surface area contributed by atoms with Gasteiger partial charge in [-0.2, -0.15) is 4.98 Å². The van der Waals surface area contributed by atoms with Gasteiger partial charge in [-0.3, -0.25) is 18.5 Å². The molecule has 0 amide bonds. The first-order valence-electron chi connectivity index (χ1n) is 8.66. The Hall–Kier alpha value is -3.03. The van der Waals surface area contributed by atoms with Gasteiger partial charge in [-0.05, 0) is 37.0 Å². The van der Waals surface area contributed by atoms with Crippen molar-refractivity contribution in [1.82, 2.24) is 18.7 Å². The zero-order valence-electron chi connectivity index (χ0n) is 14.8. The molecule has 1 aliphatic rings. The lowest BCUT2D eigenvalue weighted by atomic mass is 9.93. The highest BCUT2D eigenvalue weighted by Gasteiger charge is 2.23. The summed E-state index contributed by atoms with van der Waals surface area (Å²) in [5.74, 6) is 0.784. The van der Waals surface area contributed by atoms with Crippen molar-refractivity contribution in [1.29, 1.82) is 0 Å². The van der Waals surface area contributed by atoms with Crippen LogP contribution in [0.2, 0.25) is 0 Å². The minimum absolute atomic E-state index is 0.190.